The second kappa shape index (κ2) is 18.3. The Morgan fingerprint density at radius 3 is 2.39 bits per heavy atom. The van der Waals surface area contributed by atoms with Crippen molar-refractivity contribution in [2.24, 2.45) is 17.8 Å². The third-order valence-electron chi connectivity index (χ3n) is 14.4. The Labute approximate surface area is 410 Å². The number of aryl methyl sites for hydroxylation is 1. The van der Waals surface area contributed by atoms with Crippen LogP contribution in [0.3, 0.4) is 0 Å². The van der Waals surface area contributed by atoms with Crippen LogP contribution < -0.4 is 10.3 Å². The summed E-state index contributed by atoms with van der Waals surface area (Å²) in [5, 5.41) is 8.10. The molecule has 0 radical (unpaired) electrons. The molecule has 5 atom stereocenters. The molecule has 3 fully saturated rings. The van der Waals surface area contributed by atoms with Gasteiger partial charge >= 0.3 is 0 Å². The number of nitrogens with zero attached hydrogens (tertiary/aromatic N) is 7. The molecular formula is C48H45ClF8N8O6S. The van der Waals surface area contributed by atoms with Crippen LogP contribution in [0.5, 0.6) is 0 Å². The molecule has 3 unspecified atom stereocenters. The number of halogens is 9. The van der Waals surface area contributed by atoms with Crippen LogP contribution in [0.1, 0.15) is 120 Å². The lowest BCUT2D eigenvalue weighted by Crippen LogP contribution is -2.30. The first kappa shape index (κ1) is 49.8. The highest BCUT2D eigenvalue weighted by molar-refractivity contribution is 7.92. The molecule has 72 heavy (non-hydrogen) atoms. The SMILES string of the molecule is COCCCn1nc(NS(C)(=O)=O)c2c(Cl)ccc(-n3c([C@H](Cc4cc(F)cc(F)c4)C4CC4CC(=O)Cn4nc(C(F)F)c5c4C(F)(F)[C@@H]4CC54)nc4nc(C5CCC(F)(F)CC5)cc(C=O)c4c3=O)c21. The van der Waals surface area contributed by atoms with Gasteiger partial charge < -0.3 is 4.74 Å². The minimum absolute atomic E-state index is 0.00251. The zero-order valence-electron chi connectivity index (χ0n) is 38.5. The third-order valence-corrected chi connectivity index (χ3v) is 15.3. The molecule has 3 saturated carbocycles. The molecule has 1 N–H and O–H groups in total. The summed E-state index contributed by atoms with van der Waals surface area (Å²) < 4.78 is 154. The zero-order valence-corrected chi connectivity index (χ0v) is 40.0. The van der Waals surface area contributed by atoms with Gasteiger partial charge in [0.25, 0.3) is 17.9 Å². The van der Waals surface area contributed by atoms with Crippen LogP contribution in [0.25, 0.3) is 27.6 Å². The lowest BCUT2D eigenvalue weighted by atomic mass is 9.84. The van der Waals surface area contributed by atoms with Gasteiger partial charge in [-0.3, -0.25) is 33.0 Å². The number of methoxy groups -OCH3 is 1. The number of ether oxygens (including phenoxy) is 1. The summed E-state index contributed by atoms with van der Waals surface area (Å²) in [6, 6.07) is 6.97. The first-order chi connectivity index (χ1) is 34.1. The van der Waals surface area contributed by atoms with Crippen LogP contribution in [0.15, 0.2) is 41.2 Å². The number of pyridine rings is 1. The van der Waals surface area contributed by atoms with E-state index in [0.717, 1.165) is 23.0 Å². The fourth-order valence-corrected chi connectivity index (χ4v) is 11.8. The van der Waals surface area contributed by atoms with Gasteiger partial charge in [0.05, 0.1) is 33.3 Å². The highest BCUT2D eigenvalue weighted by Crippen LogP contribution is 2.68. The molecule has 0 amide bonds. The summed E-state index contributed by atoms with van der Waals surface area (Å²) in [5.74, 6) is -14.0. The normalized spacial score (nSPS) is 21.6. The van der Waals surface area contributed by atoms with E-state index in [2.05, 4.69) is 14.9 Å². The maximum absolute atomic E-state index is 15.6. The lowest BCUT2D eigenvalue weighted by molar-refractivity contribution is -0.120. The van der Waals surface area contributed by atoms with Crippen molar-refractivity contribution >= 4 is 61.4 Å². The first-order valence-electron chi connectivity index (χ1n) is 23.3. The fourth-order valence-electron chi connectivity index (χ4n) is 11.1. The van der Waals surface area contributed by atoms with Crippen LogP contribution in [-0.2, 0) is 45.0 Å². The van der Waals surface area contributed by atoms with Crippen molar-refractivity contribution in [2.75, 3.05) is 24.7 Å². The summed E-state index contributed by atoms with van der Waals surface area (Å²) >= 11 is 6.81. The number of carbonyl (C=O) groups excluding carboxylic acids is 2. The number of aldehydes is 1. The number of hydrogen-bond donors (Lipinski definition) is 1. The Bertz CT molecular complexity index is 3350. The number of anilines is 1. The second-order valence-corrected chi connectivity index (χ2v) is 21.6. The van der Waals surface area contributed by atoms with Crippen LogP contribution in [0.4, 0.5) is 40.9 Å². The van der Waals surface area contributed by atoms with Gasteiger partial charge in [0.15, 0.2) is 23.5 Å². The number of alkyl halides is 6. The van der Waals surface area contributed by atoms with Crippen LogP contribution in [0.2, 0.25) is 5.02 Å². The molecular weight excluding hydrogens is 1000 g/mol. The number of carbonyl (C=O) groups is 2. The predicted molar refractivity (Wildman–Crippen MR) is 246 cm³/mol. The molecule has 4 aromatic heterocycles. The lowest BCUT2D eigenvalue weighted by Gasteiger charge is -2.28. The van der Waals surface area contributed by atoms with Gasteiger partial charge in [-0.25, -0.2) is 44.7 Å². The highest BCUT2D eigenvalue weighted by Gasteiger charge is 2.67. The molecule has 4 heterocycles. The Morgan fingerprint density at radius 2 is 1.72 bits per heavy atom. The summed E-state index contributed by atoms with van der Waals surface area (Å²) in [6.45, 7) is -0.457. The van der Waals surface area contributed by atoms with Gasteiger partial charge in [-0.15, -0.1) is 0 Å². The Morgan fingerprint density at radius 1 is 1.00 bits per heavy atom. The van der Waals surface area contributed by atoms with Gasteiger partial charge in [0.1, 0.15) is 35.4 Å². The topological polar surface area (TPSA) is 173 Å². The summed E-state index contributed by atoms with van der Waals surface area (Å²) in [6.07, 6.45) is -2.75. The number of rotatable bonds is 18. The first-order valence-corrected chi connectivity index (χ1v) is 25.5. The third kappa shape index (κ3) is 9.17. The van der Waals surface area contributed by atoms with E-state index < -0.39 is 118 Å². The van der Waals surface area contributed by atoms with Crippen molar-refractivity contribution in [3.63, 3.8) is 0 Å². The van der Waals surface area contributed by atoms with E-state index in [-0.39, 0.29) is 118 Å². The Kier molecular flexibility index (Phi) is 12.6. The molecule has 24 heteroatoms. The number of benzene rings is 2. The smallest absolute Gasteiger partial charge is 0.293 e. The minimum Gasteiger partial charge on any atom is -0.385 e. The summed E-state index contributed by atoms with van der Waals surface area (Å²) in [7, 11) is -2.53. The van der Waals surface area contributed by atoms with Crippen molar-refractivity contribution in [1.82, 2.24) is 34.1 Å². The van der Waals surface area contributed by atoms with E-state index in [9.17, 15) is 35.6 Å². The van der Waals surface area contributed by atoms with Crippen molar-refractivity contribution in [3.8, 4) is 5.69 Å². The average Bonchev–Trinajstić information content (AvgIpc) is 4.17. The van der Waals surface area contributed by atoms with Gasteiger partial charge in [-0.2, -0.15) is 19.0 Å². The molecule has 14 nitrogen and oxygen atoms in total. The fraction of sp³-hybridized carbons (Fsp3) is 0.479. The van der Waals surface area contributed by atoms with Crippen LogP contribution >= 0.6 is 11.6 Å². The van der Waals surface area contributed by atoms with Crippen molar-refractivity contribution in [1.29, 1.82) is 0 Å². The summed E-state index contributed by atoms with van der Waals surface area (Å²) in [5.41, 5.74) is -2.62. The molecule has 0 aliphatic heterocycles. The zero-order chi connectivity index (χ0) is 51.3. The number of sulfonamides is 1. The van der Waals surface area contributed by atoms with Gasteiger partial charge in [-0.1, -0.05) is 11.6 Å². The van der Waals surface area contributed by atoms with E-state index >= 15 is 22.4 Å². The number of fused-ring (bicyclic) bond motifs is 5. The summed E-state index contributed by atoms with van der Waals surface area (Å²) in [4.78, 5) is 52.2. The molecule has 4 aliphatic carbocycles. The van der Waals surface area contributed by atoms with E-state index in [0.29, 0.717) is 23.5 Å². The van der Waals surface area contributed by atoms with E-state index in [4.69, 9.17) is 26.3 Å². The molecule has 4 aliphatic rings. The quantitative estimate of drug-likeness (QED) is 0.0496. The molecule has 0 spiro atoms. The maximum Gasteiger partial charge on any atom is 0.293 e. The van der Waals surface area contributed by atoms with Gasteiger partial charge in [-0.05, 0) is 92.2 Å². The van der Waals surface area contributed by atoms with Gasteiger partial charge in [0.2, 0.25) is 15.9 Å². The number of Topliss-reactive ketones (excluding diaryl/α,β-unsaturated/α-hetero) is 1. The standard InChI is InChI=1S/C48H45ClF8N8O6S/c1-71-11-3-10-63-40-35(5-4-33(49)38(40)44(61-63)62-72(2,69)70)65-45(59-43-36(46(65)68)25(21-66)17-34(58-43)23-6-8-47(54,55)9-7-23)30(14-22-12-26(50)18-27(51)13-22)29-16-24(29)15-28(67)20-64-41-37(39(60-64)42(52)53)31-19-32(31)48(41,56)57/h4-5,12-13,17-18,21,23-24,29-32,42H,3,6-11,14-16,19-20H2,1-2H3,(H,61,62)/t24?,29?,30-,31?,32-/m1/s1. The van der Waals surface area contributed by atoms with E-state index in [1.54, 1.807) is 0 Å². The van der Waals surface area contributed by atoms with Crippen LogP contribution in [0, 0.1) is 29.4 Å². The maximum atomic E-state index is 15.6. The van der Waals surface area contributed by atoms with Crippen molar-refractivity contribution in [2.45, 2.75) is 107 Å². The van der Waals surface area contributed by atoms with Crippen molar-refractivity contribution in [3.05, 3.63) is 103 Å². The highest BCUT2D eigenvalue weighted by atomic mass is 35.5. The second-order valence-electron chi connectivity index (χ2n) is 19.4. The van der Waals surface area contributed by atoms with E-state index in [1.165, 1.54) is 30.0 Å². The minimum atomic E-state index is -4.00. The molecule has 0 saturated heterocycles. The van der Waals surface area contributed by atoms with Crippen molar-refractivity contribution < 1.29 is 57.9 Å². The molecule has 2 aromatic carbocycles. The number of nitrogens with one attached hydrogen (secondary N) is 1. The average molecular weight is 1050 g/mol. The number of hydrogen-bond acceptors (Lipinski definition) is 10. The molecule has 10 rings (SSSR count). The number of ketones is 1. The van der Waals surface area contributed by atoms with Gasteiger partial charge in [0, 0.05) is 80.2 Å². The predicted octanol–water partition coefficient (Wildman–Crippen LogP) is 9.54. The largest absolute Gasteiger partial charge is 0.385 e. The molecule has 382 valence electrons. The Hall–Kier alpha value is -5.81. The monoisotopic (exact) mass is 1050 g/mol. The Balaban J connectivity index is 1.15. The van der Waals surface area contributed by atoms with Crippen LogP contribution in [-0.4, -0.2) is 80.5 Å². The number of aromatic nitrogens is 7. The molecule has 0 bridgehead atoms. The van der Waals surface area contributed by atoms with E-state index in [1.807, 2.05) is 0 Å². The molecule has 6 aromatic rings.